The number of nitrogens with one attached hydrogen (secondary N) is 1. The first-order chi connectivity index (χ1) is 9.04. The van der Waals surface area contributed by atoms with Crippen molar-refractivity contribution in [1.29, 1.82) is 0 Å². The van der Waals surface area contributed by atoms with Crippen molar-refractivity contribution in [2.45, 2.75) is 12.6 Å². The van der Waals surface area contributed by atoms with Crippen LogP contribution in [0.2, 0.25) is 0 Å². The van der Waals surface area contributed by atoms with Crippen molar-refractivity contribution >= 4 is 5.82 Å². The number of hydrogen-bond acceptors (Lipinski definition) is 3. The van der Waals surface area contributed by atoms with Crippen LogP contribution in [0.5, 0.6) is 0 Å². The molecule has 2 aliphatic heterocycles. The monoisotopic (exact) mass is 271 g/mol. The molecule has 6 heteroatoms. The molecule has 0 radical (unpaired) electrons. The lowest BCUT2D eigenvalue weighted by Crippen LogP contribution is -2.40. The molecule has 0 aliphatic carbocycles. The Labute approximate surface area is 109 Å². The quantitative estimate of drug-likeness (QED) is 0.848. The van der Waals surface area contributed by atoms with Crippen LogP contribution in [0.3, 0.4) is 0 Å². The molecule has 0 amide bonds. The maximum absolute atomic E-state index is 12.5. The average Bonchev–Trinajstić information content (AvgIpc) is 2.85. The van der Waals surface area contributed by atoms with Gasteiger partial charge in [-0.25, -0.2) is 4.98 Å². The second kappa shape index (κ2) is 4.67. The fraction of sp³-hybridized carbons (Fsp3) is 0.615. The number of anilines is 1. The number of aromatic nitrogens is 1. The van der Waals surface area contributed by atoms with E-state index >= 15 is 0 Å². The predicted octanol–water partition coefficient (Wildman–Crippen LogP) is 2.15. The maximum atomic E-state index is 12.5. The third kappa shape index (κ3) is 2.54. The van der Waals surface area contributed by atoms with Crippen LogP contribution in [0, 0.1) is 11.8 Å². The second-order valence-corrected chi connectivity index (χ2v) is 5.32. The van der Waals surface area contributed by atoms with Crippen molar-refractivity contribution in [2.75, 3.05) is 31.1 Å². The van der Waals surface area contributed by atoms with Gasteiger partial charge in [0.05, 0.1) is 5.56 Å². The van der Waals surface area contributed by atoms with Crippen molar-refractivity contribution in [3.63, 3.8) is 0 Å². The summed E-state index contributed by atoms with van der Waals surface area (Å²) in [5.74, 6) is 1.96. The standard InChI is InChI=1S/C13H16F3N3/c14-13(15,16)11-1-2-12(18-7-11)19-4-3-9-5-17-6-10(9)8-19/h1-2,7,9-10,17H,3-6,8H2. The van der Waals surface area contributed by atoms with Crippen molar-refractivity contribution in [3.05, 3.63) is 23.9 Å². The Balaban J connectivity index is 1.72. The van der Waals surface area contributed by atoms with E-state index in [0.29, 0.717) is 17.7 Å². The first-order valence-corrected chi connectivity index (χ1v) is 6.53. The van der Waals surface area contributed by atoms with E-state index in [-0.39, 0.29) is 0 Å². The molecule has 19 heavy (non-hydrogen) atoms. The van der Waals surface area contributed by atoms with Gasteiger partial charge in [-0.3, -0.25) is 0 Å². The van der Waals surface area contributed by atoms with Gasteiger partial charge in [-0.15, -0.1) is 0 Å². The highest BCUT2D eigenvalue weighted by atomic mass is 19.4. The molecule has 0 spiro atoms. The molecule has 2 fully saturated rings. The summed E-state index contributed by atoms with van der Waals surface area (Å²) in [6, 6.07) is 2.59. The zero-order chi connectivity index (χ0) is 13.5. The van der Waals surface area contributed by atoms with Gasteiger partial charge in [0.25, 0.3) is 0 Å². The van der Waals surface area contributed by atoms with Gasteiger partial charge >= 0.3 is 6.18 Å². The third-order valence-corrected chi connectivity index (χ3v) is 4.10. The molecule has 0 aromatic carbocycles. The lowest BCUT2D eigenvalue weighted by atomic mass is 9.89. The van der Waals surface area contributed by atoms with E-state index < -0.39 is 11.7 Å². The van der Waals surface area contributed by atoms with Crippen LogP contribution in [0.4, 0.5) is 19.0 Å². The molecule has 1 aromatic heterocycles. The van der Waals surface area contributed by atoms with E-state index in [9.17, 15) is 13.2 Å². The van der Waals surface area contributed by atoms with Gasteiger partial charge in [-0.05, 0) is 43.5 Å². The van der Waals surface area contributed by atoms with E-state index in [2.05, 4.69) is 15.2 Å². The molecule has 0 saturated carbocycles. The van der Waals surface area contributed by atoms with Crippen LogP contribution in [-0.4, -0.2) is 31.2 Å². The van der Waals surface area contributed by atoms with Gasteiger partial charge in [0.1, 0.15) is 5.82 Å². The fourth-order valence-corrected chi connectivity index (χ4v) is 2.98. The van der Waals surface area contributed by atoms with Crippen LogP contribution in [0.25, 0.3) is 0 Å². The number of hydrogen-bond donors (Lipinski definition) is 1. The van der Waals surface area contributed by atoms with E-state index in [4.69, 9.17) is 0 Å². The fourth-order valence-electron chi connectivity index (χ4n) is 2.98. The molecule has 104 valence electrons. The molecule has 2 saturated heterocycles. The molecule has 1 aromatic rings. The van der Waals surface area contributed by atoms with Gasteiger partial charge in [0.15, 0.2) is 0 Å². The predicted molar refractivity (Wildman–Crippen MR) is 65.9 cm³/mol. The Morgan fingerprint density at radius 1 is 1.21 bits per heavy atom. The molecule has 2 atom stereocenters. The number of fused-ring (bicyclic) bond motifs is 1. The molecule has 2 aliphatic rings. The minimum Gasteiger partial charge on any atom is -0.356 e. The van der Waals surface area contributed by atoms with Crippen molar-refractivity contribution < 1.29 is 13.2 Å². The van der Waals surface area contributed by atoms with Crippen molar-refractivity contribution in [1.82, 2.24) is 10.3 Å². The third-order valence-electron chi connectivity index (χ3n) is 4.10. The molecular formula is C13H16F3N3. The topological polar surface area (TPSA) is 28.2 Å². The lowest BCUT2D eigenvalue weighted by molar-refractivity contribution is -0.137. The van der Waals surface area contributed by atoms with E-state index in [1.54, 1.807) is 0 Å². The summed E-state index contributed by atoms with van der Waals surface area (Å²) in [6.07, 6.45) is -2.30. The Morgan fingerprint density at radius 3 is 2.68 bits per heavy atom. The average molecular weight is 271 g/mol. The Morgan fingerprint density at radius 2 is 2.00 bits per heavy atom. The number of alkyl halides is 3. The van der Waals surface area contributed by atoms with Crippen molar-refractivity contribution in [2.24, 2.45) is 11.8 Å². The van der Waals surface area contributed by atoms with Gasteiger partial charge < -0.3 is 10.2 Å². The second-order valence-electron chi connectivity index (χ2n) is 5.32. The number of rotatable bonds is 1. The number of pyridine rings is 1. The molecular weight excluding hydrogens is 255 g/mol. The first kappa shape index (κ1) is 12.7. The van der Waals surface area contributed by atoms with Crippen LogP contribution in [-0.2, 0) is 6.18 Å². The summed E-state index contributed by atoms with van der Waals surface area (Å²) in [6.45, 7) is 3.83. The summed E-state index contributed by atoms with van der Waals surface area (Å²) in [7, 11) is 0. The zero-order valence-electron chi connectivity index (χ0n) is 10.5. The first-order valence-electron chi connectivity index (χ1n) is 6.53. The van der Waals surface area contributed by atoms with E-state index in [1.165, 1.54) is 6.07 Å². The minimum absolute atomic E-state index is 0.595. The molecule has 3 heterocycles. The smallest absolute Gasteiger partial charge is 0.356 e. The number of nitrogens with zero attached hydrogens (tertiary/aromatic N) is 2. The summed E-state index contributed by atoms with van der Waals surface area (Å²) >= 11 is 0. The molecule has 2 unspecified atom stereocenters. The lowest BCUT2D eigenvalue weighted by Gasteiger charge is -2.35. The van der Waals surface area contributed by atoms with Crippen LogP contribution < -0.4 is 10.2 Å². The summed E-state index contributed by atoms with van der Waals surface area (Å²) < 4.78 is 37.4. The van der Waals surface area contributed by atoms with Gasteiger partial charge in [-0.2, -0.15) is 13.2 Å². The Hall–Kier alpha value is -1.30. The van der Waals surface area contributed by atoms with E-state index in [0.717, 1.165) is 44.9 Å². The Kier molecular flexibility index (Phi) is 3.12. The zero-order valence-corrected chi connectivity index (χ0v) is 10.5. The summed E-state index contributed by atoms with van der Waals surface area (Å²) in [5, 5.41) is 3.37. The van der Waals surface area contributed by atoms with Crippen LogP contribution in [0.1, 0.15) is 12.0 Å². The maximum Gasteiger partial charge on any atom is 0.417 e. The number of piperidine rings is 1. The van der Waals surface area contributed by atoms with Gasteiger partial charge in [-0.1, -0.05) is 0 Å². The summed E-state index contributed by atoms with van der Waals surface area (Å²) in [4.78, 5) is 6.06. The summed E-state index contributed by atoms with van der Waals surface area (Å²) in [5.41, 5.74) is -0.686. The van der Waals surface area contributed by atoms with Gasteiger partial charge in [0, 0.05) is 19.3 Å². The molecule has 3 rings (SSSR count). The van der Waals surface area contributed by atoms with E-state index in [1.807, 2.05) is 0 Å². The Bertz CT molecular complexity index is 443. The highest BCUT2D eigenvalue weighted by Gasteiger charge is 2.34. The van der Waals surface area contributed by atoms with Crippen LogP contribution in [0.15, 0.2) is 18.3 Å². The van der Waals surface area contributed by atoms with Crippen molar-refractivity contribution in [3.8, 4) is 0 Å². The highest BCUT2D eigenvalue weighted by molar-refractivity contribution is 5.40. The largest absolute Gasteiger partial charge is 0.417 e. The minimum atomic E-state index is -4.31. The molecule has 0 bridgehead atoms. The highest BCUT2D eigenvalue weighted by Crippen LogP contribution is 2.31. The SMILES string of the molecule is FC(F)(F)c1ccc(N2CCC3CNCC3C2)nc1. The van der Waals surface area contributed by atoms with Crippen LogP contribution >= 0.6 is 0 Å². The molecule has 3 nitrogen and oxygen atoms in total. The number of halogens is 3. The van der Waals surface area contributed by atoms with Gasteiger partial charge in [0.2, 0.25) is 0 Å². The normalized spacial score (nSPS) is 27.4. The molecule has 1 N–H and O–H groups in total.